The number of amides is 1. The van der Waals surface area contributed by atoms with Crippen molar-refractivity contribution in [2.24, 2.45) is 0 Å². The van der Waals surface area contributed by atoms with Gasteiger partial charge in [0.2, 0.25) is 10.0 Å². The fraction of sp³-hybridized carbons (Fsp3) is 0.333. The number of methoxy groups -OCH3 is 2. The van der Waals surface area contributed by atoms with Crippen LogP contribution < -0.4 is 4.74 Å². The van der Waals surface area contributed by atoms with Gasteiger partial charge in [-0.1, -0.05) is 54.6 Å². The molecular formula is C30H34N2O8S. The molecule has 0 radical (unpaired) electrons. The molecule has 0 bridgehead atoms. The summed E-state index contributed by atoms with van der Waals surface area (Å²) >= 11 is 0. The molecule has 1 heterocycles. The number of carboxylic acid groups (broad SMARTS) is 1. The van der Waals surface area contributed by atoms with E-state index in [1.165, 1.54) is 28.4 Å². The first-order chi connectivity index (χ1) is 19.7. The number of rotatable bonds is 11. The highest BCUT2D eigenvalue weighted by Crippen LogP contribution is 2.37. The molecule has 0 spiro atoms. The maximum Gasteiger partial charge on any atom is 0.407 e. The number of sulfonamides is 1. The highest BCUT2D eigenvalue weighted by Gasteiger charge is 2.53. The molecule has 1 aliphatic heterocycles. The zero-order valence-corrected chi connectivity index (χ0v) is 23.9. The number of carbonyl (C=O) groups excluding carboxylic acids is 1. The van der Waals surface area contributed by atoms with Crippen molar-refractivity contribution in [1.82, 2.24) is 9.21 Å². The predicted molar refractivity (Wildman–Crippen MR) is 152 cm³/mol. The van der Waals surface area contributed by atoms with E-state index in [9.17, 15) is 23.1 Å². The first-order valence-electron chi connectivity index (χ1n) is 13.2. The van der Waals surface area contributed by atoms with E-state index in [2.05, 4.69) is 0 Å². The summed E-state index contributed by atoms with van der Waals surface area (Å²) in [6.45, 7) is -0.0649. The Kier molecular flexibility index (Phi) is 9.64. The normalized spacial score (nSPS) is 15.0. The molecular weight excluding hydrogens is 548 g/mol. The van der Waals surface area contributed by atoms with Crippen molar-refractivity contribution in [2.75, 3.05) is 40.5 Å². The largest absolute Gasteiger partial charge is 0.497 e. The van der Waals surface area contributed by atoms with E-state index < -0.39 is 27.6 Å². The minimum Gasteiger partial charge on any atom is -0.497 e. The average molecular weight is 583 g/mol. The first kappa shape index (κ1) is 30.0. The van der Waals surface area contributed by atoms with Gasteiger partial charge >= 0.3 is 12.1 Å². The SMILES string of the molecule is COCCOC(=O)C1(N(Cc2ccccc2)S(=O)(=O)c2ccc(-c3ccc(OC)cc3)cc2)CCN(C(=O)O)CC1. The molecule has 0 aromatic heterocycles. The van der Waals surface area contributed by atoms with Crippen LogP contribution in [0.1, 0.15) is 18.4 Å². The van der Waals surface area contributed by atoms with Gasteiger partial charge in [0.05, 0.1) is 18.6 Å². The number of likely N-dealkylation sites (tertiary alicyclic amines) is 1. The van der Waals surface area contributed by atoms with Gasteiger partial charge in [-0.05, 0) is 53.8 Å². The zero-order chi connectivity index (χ0) is 29.5. The van der Waals surface area contributed by atoms with Gasteiger partial charge in [-0.15, -0.1) is 0 Å². The number of hydrogen-bond donors (Lipinski definition) is 1. The summed E-state index contributed by atoms with van der Waals surface area (Å²) in [6.07, 6.45) is -1.24. The monoisotopic (exact) mass is 582 g/mol. The molecule has 218 valence electrons. The second kappa shape index (κ2) is 13.2. The molecule has 10 nitrogen and oxygen atoms in total. The van der Waals surface area contributed by atoms with E-state index in [-0.39, 0.29) is 50.6 Å². The van der Waals surface area contributed by atoms with Crippen molar-refractivity contribution < 1.29 is 37.3 Å². The van der Waals surface area contributed by atoms with Gasteiger partial charge in [0, 0.05) is 26.7 Å². The second-order valence-corrected chi connectivity index (χ2v) is 11.5. The lowest BCUT2D eigenvalue weighted by Gasteiger charge is -2.45. The molecule has 1 amide bonds. The predicted octanol–water partition coefficient (Wildman–Crippen LogP) is 4.26. The molecule has 4 rings (SSSR count). The van der Waals surface area contributed by atoms with Crippen molar-refractivity contribution in [3.8, 4) is 16.9 Å². The van der Waals surface area contributed by atoms with Crippen molar-refractivity contribution in [1.29, 1.82) is 0 Å². The van der Waals surface area contributed by atoms with E-state index in [0.29, 0.717) is 11.3 Å². The van der Waals surface area contributed by atoms with Crippen LogP contribution in [0, 0.1) is 0 Å². The summed E-state index contributed by atoms with van der Waals surface area (Å²) in [5.74, 6) is -0.0184. The number of esters is 1. The van der Waals surface area contributed by atoms with Crippen LogP contribution in [0.5, 0.6) is 5.75 Å². The fourth-order valence-electron chi connectivity index (χ4n) is 4.92. The van der Waals surface area contributed by atoms with E-state index >= 15 is 0 Å². The van der Waals surface area contributed by atoms with Crippen molar-refractivity contribution >= 4 is 22.1 Å². The highest BCUT2D eigenvalue weighted by molar-refractivity contribution is 7.89. The van der Waals surface area contributed by atoms with E-state index in [0.717, 1.165) is 11.1 Å². The number of nitrogens with zero attached hydrogens (tertiary/aromatic N) is 2. The molecule has 41 heavy (non-hydrogen) atoms. The first-order valence-corrected chi connectivity index (χ1v) is 14.6. The number of piperidine rings is 1. The third kappa shape index (κ3) is 6.70. The van der Waals surface area contributed by atoms with Crippen LogP contribution in [0.2, 0.25) is 0 Å². The van der Waals surface area contributed by atoms with Gasteiger partial charge < -0.3 is 24.2 Å². The third-order valence-corrected chi connectivity index (χ3v) is 9.20. The smallest absolute Gasteiger partial charge is 0.407 e. The van der Waals surface area contributed by atoms with Crippen molar-refractivity contribution in [2.45, 2.75) is 29.8 Å². The molecule has 11 heteroatoms. The Morgan fingerprint density at radius 3 is 2.00 bits per heavy atom. The molecule has 0 unspecified atom stereocenters. The van der Waals surface area contributed by atoms with Crippen LogP contribution in [0.4, 0.5) is 4.79 Å². The molecule has 1 saturated heterocycles. The standard InChI is InChI=1S/C30H34N2O8S/c1-38-20-21-40-28(33)30(16-18-31(19-17-30)29(34)35)32(22-23-6-4-3-5-7-23)41(36,37)27-14-10-25(11-15-27)24-8-12-26(39-2)13-9-24/h3-15H,16-22H2,1-2H3,(H,34,35). The number of ether oxygens (including phenoxy) is 3. The van der Waals surface area contributed by atoms with Crippen LogP contribution in [0.25, 0.3) is 11.1 Å². The topological polar surface area (TPSA) is 123 Å². The summed E-state index contributed by atoms with van der Waals surface area (Å²) in [6, 6.07) is 22.8. The number of hydrogen-bond acceptors (Lipinski definition) is 7. The summed E-state index contributed by atoms with van der Waals surface area (Å²) in [4.78, 5) is 26.6. The second-order valence-electron chi connectivity index (χ2n) is 9.68. The lowest BCUT2D eigenvalue weighted by atomic mass is 9.87. The maximum absolute atomic E-state index is 14.4. The number of benzene rings is 3. The van der Waals surface area contributed by atoms with Gasteiger partial charge in [-0.25, -0.2) is 13.2 Å². The summed E-state index contributed by atoms with van der Waals surface area (Å²) in [5, 5.41) is 9.54. The lowest BCUT2D eigenvalue weighted by Crippen LogP contribution is -2.62. The van der Waals surface area contributed by atoms with Crippen LogP contribution in [-0.2, 0) is 30.8 Å². The zero-order valence-electron chi connectivity index (χ0n) is 23.1. The van der Waals surface area contributed by atoms with Gasteiger partial charge in [-0.3, -0.25) is 4.79 Å². The Labute approximate surface area is 240 Å². The molecule has 0 atom stereocenters. The van der Waals surface area contributed by atoms with Gasteiger partial charge in [0.1, 0.15) is 17.9 Å². The van der Waals surface area contributed by atoms with Gasteiger partial charge in [-0.2, -0.15) is 4.31 Å². The Morgan fingerprint density at radius 2 is 1.46 bits per heavy atom. The summed E-state index contributed by atoms with van der Waals surface area (Å²) in [7, 11) is -1.21. The Balaban J connectivity index is 1.75. The molecule has 3 aromatic carbocycles. The summed E-state index contributed by atoms with van der Waals surface area (Å²) < 4.78 is 45.7. The fourth-order valence-corrected chi connectivity index (χ4v) is 6.69. The van der Waals surface area contributed by atoms with Crippen LogP contribution in [0.3, 0.4) is 0 Å². The quantitative estimate of drug-likeness (QED) is 0.263. The minimum atomic E-state index is -4.26. The third-order valence-electron chi connectivity index (χ3n) is 7.27. The minimum absolute atomic E-state index is 0.00965. The van der Waals surface area contributed by atoms with Crippen LogP contribution >= 0.6 is 0 Å². The number of carbonyl (C=O) groups is 2. The Bertz CT molecular complexity index is 1420. The van der Waals surface area contributed by atoms with Crippen LogP contribution in [0.15, 0.2) is 83.8 Å². The lowest BCUT2D eigenvalue weighted by molar-refractivity contribution is -0.159. The van der Waals surface area contributed by atoms with E-state index in [1.54, 1.807) is 43.5 Å². The average Bonchev–Trinajstić information content (AvgIpc) is 3.00. The van der Waals surface area contributed by atoms with Gasteiger partial charge in [0.15, 0.2) is 0 Å². The Hall–Kier alpha value is -3.93. The Morgan fingerprint density at radius 1 is 0.878 bits per heavy atom. The van der Waals surface area contributed by atoms with E-state index in [4.69, 9.17) is 14.2 Å². The van der Waals surface area contributed by atoms with Crippen LogP contribution in [-0.4, -0.2) is 80.9 Å². The summed E-state index contributed by atoms with van der Waals surface area (Å²) in [5.41, 5.74) is 0.749. The molecule has 0 aliphatic carbocycles. The van der Waals surface area contributed by atoms with Crippen molar-refractivity contribution in [3.05, 3.63) is 84.4 Å². The van der Waals surface area contributed by atoms with Gasteiger partial charge in [0.25, 0.3) is 0 Å². The molecule has 3 aromatic rings. The highest BCUT2D eigenvalue weighted by atomic mass is 32.2. The molecule has 1 N–H and O–H groups in total. The van der Waals surface area contributed by atoms with Crippen molar-refractivity contribution in [3.63, 3.8) is 0 Å². The molecule has 1 aliphatic rings. The van der Waals surface area contributed by atoms with E-state index in [1.807, 2.05) is 30.3 Å². The molecule has 1 fully saturated rings. The molecule has 0 saturated carbocycles. The maximum atomic E-state index is 14.4.